The molecule has 3 aromatic carbocycles. The van der Waals surface area contributed by atoms with E-state index in [0.717, 1.165) is 11.1 Å². The van der Waals surface area contributed by atoms with Gasteiger partial charge in [-0.3, -0.25) is 24.0 Å². The molecule has 5 N–H and O–H groups in total. The quantitative estimate of drug-likeness (QED) is 0.126. The van der Waals surface area contributed by atoms with E-state index in [2.05, 4.69) is 16.0 Å². The van der Waals surface area contributed by atoms with Crippen molar-refractivity contribution >= 4 is 41.5 Å². The Morgan fingerprint density at radius 1 is 0.800 bits per heavy atom. The molecule has 2 aliphatic rings. The number of aliphatic carboxylic acids is 1. The van der Waals surface area contributed by atoms with Gasteiger partial charge < -0.3 is 40.7 Å². The molecule has 5 rings (SSSR count). The Labute approximate surface area is 350 Å². The molecule has 0 saturated carbocycles. The maximum atomic E-state index is 14.4. The number of ketones is 1. The Kier molecular flexibility index (Phi) is 16.9. The van der Waals surface area contributed by atoms with Crippen LogP contribution >= 0.6 is 0 Å². The molecule has 0 aliphatic carbocycles. The standard InChI is InChI=1S/C44H53N5O10.CH4/c1-4-13-33(38(51)41(54)46-34(43(56)57)22-28-14-7-5-8-15-28)45-39(52)35-24-32(59-44(58)48-21-20-30-18-11-12-19-31(30)25-48)26-49(35)42(55)37(27(2)3)47-40(53)36(50)23-29-16-9-6-10-17-29;/h5-12,14-19,27,32-37,50H,4,13,20-26H2,1-3H3,(H,45,52)(H,46,54)(H,47,53)(H,56,57);1H4/t32?,33?,34-,35?,36+,37-;/m0./s1. The molecule has 15 nitrogen and oxygen atoms in total. The van der Waals surface area contributed by atoms with Crippen molar-refractivity contribution in [3.63, 3.8) is 0 Å². The lowest BCUT2D eigenvalue weighted by Gasteiger charge is -2.31. The van der Waals surface area contributed by atoms with Crippen molar-refractivity contribution in [2.75, 3.05) is 13.1 Å². The van der Waals surface area contributed by atoms with E-state index in [1.807, 2.05) is 24.3 Å². The molecule has 1 fully saturated rings. The van der Waals surface area contributed by atoms with Gasteiger partial charge >= 0.3 is 12.1 Å². The zero-order chi connectivity index (χ0) is 42.6. The number of Topliss-reactive ketones (excluding diaryl/α,β-unsaturated/α-hetero) is 1. The second kappa shape index (κ2) is 21.8. The Balaban J connectivity index is 0.00000794. The van der Waals surface area contributed by atoms with Gasteiger partial charge in [-0.2, -0.15) is 0 Å². The number of likely N-dealkylation sites (tertiary alicyclic amines) is 1. The van der Waals surface area contributed by atoms with E-state index in [-0.39, 0.29) is 39.7 Å². The normalized spacial score (nSPS) is 17.8. The fourth-order valence-electron chi connectivity index (χ4n) is 7.38. The number of hydrogen-bond donors (Lipinski definition) is 5. The first-order valence-electron chi connectivity index (χ1n) is 20.0. The third-order valence-electron chi connectivity index (χ3n) is 10.6. The number of aliphatic hydroxyl groups excluding tert-OH is 1. The maximum Gasteiger partial charge on any atom is 0.410 e. The number of nitrogens with one attached hydrogen (secondary N) is 3. The molecule has 0 spiro atoms. The first-order chi connectivity index (χ1) is 28.2. The van der Waals surface area contributed by atoms with Gasteiger partial charge in [-0.1, -0.05) is 120 Å². The zero-order valence-electron chi connectivity index (χ0n) is 33.5. The van der Waals surface area contributed by atoms with E-state index in [1.165, 1.54) is 4.90 Å². The number of carboxylic acids is 1. The second-order valence-corrected chi connectivity index (χ2v) is 15.4. The van der Waals surface area contributed by atoms with Crippen molar-refractivity contribution in [2.45, 2.75) is 110 Å². The molecular formula is C45H57N5O10. The zero-order valence-corrected chi connectivity index (χ0v) is 33.5. The summed E-state index contributed by atoms with van der Waals surface area (Å²) in [6.07, 6.45) is -2.30. The number of carbonyl (C=O) groups is 7. The Morgan fingerprint density at radius 2 is 1.40 bits per heavy atom. The van der Waals surface area contributed by atoms with Crippen molar-refractivity contribution < 1.29 is 48.5 Å². The number of carboxylic acid groups (broad SMARTS) is 1. The van der Waals surface area contributed by atoms with E-state index in [1.54, 1.807) is 86.3 Å². The fraction of sp³-hybridized carbons (Fsp3) is 0.444. The predicted octanol–water partition coefficient (Wildman–Crippen LogP) is 3.20. The third-order valence-corrected chi connectivity index (χ3v) is 10.6. The molecule has 0 radical (unpaired) electrons. The van der Waals surface area contributed by atoms with E-state index < -0.39 is 83.8 Å². The molecule has 2 heterocycles. The van der Waals surface area contributed by atoms with E-state index in [4.69, 9.17) is 4.74 Å². The lowest BCUT2D eigenvalue weighted by atomic mass is 10.0. The van der Waals surface area contributed by atoms with Gasteiger partial charge in [0.15, 0.2) is 0 Å². The van der Waals surface area contributed by atoms with Gasteiger partial charge in [0.1, 0.15) is 30.3 Å². The minimum absolute atomic E-state index is 0. The molecule has 0 aromatic heterocycles. The molecule has 1 saturated heterocycles. The molecule has 2 aliphatic heterocycles. The summed E-state index contributed by atoms with van der Waals surface area (Å²) in [5.41, 5.74) is 3.44. The van der Waals surface area contributed by atoms with E-state index in [0.29, 0.717) is 37.1 Å². The summed E-state index contributed by atoms with van der Waals surface area (Å²) in [5, 5.41) is 28.1. The smallest absolute Gasteiger partial charge is 0.410 e. The monoisotopic (exact) mass is 827 g/mol. The van der Waals surface area contributed by atoms with Crippen molar-refractivity contribution in [3.05, 3.63) is 107 Å². The van der Waals surface area contributed by atoms with Crippen LogP contribution < -0.4 is 16.0 Å². The largest absolute Gasteiger partial charge is 0.480 e. The molecule has 322 valence electrons. The Hall–Kier alpha value is -6.09. The highest BCUT2D eigenvalue weighted by molar-refractivity contribution is 6.38. The summed E-state index contributed by atoms with van der Waals surface area (Å²) >= 11 is 0. The summed E-state index contributed by atoms with van der Waals surface area (Å²) in [5.74, 6) is -6.39. The highest BCUT2D eigenvalue weighted by atomic mass is 16.6. The number of hydrogen-bond acceptors (Lipinski definition) is 9. The molecule has 0 bridgehead atoms. The molecule has 5 amide bonds. The number of ether oxygens (including phenoxy) is 1. The van der Waals surface area contributed by atoms with Crippen LogP contribution in [0.5, 0.6) is 0 Å². The van der Waals surface area contributed by atoms with Crippen LogP contribution in [-0.2, 0) is 59.3 Å². The van der Waals surface area contributed by atoms with Gasteiger partial charge in [-0.25, -0.2) is 9.59 Å². The van der Waals surface area contributed by atoms with E-state index >= 15 is 0 Å². The van der Waals surface area contributed by atoms with Crippen LogP contribution in [-0.4, -0.2) is 111 Å². The molecule has 60 heavy (non-hydrogen) atoms. The first kappa shape index (κ1) is 46.6. The molecule has 6 atom stereocenters. The number of aliphatic hydroxyl groups is 1. The van der Waals surface area contributed by atoms with Gasteiger partial charge in [0.25, 0.3) is 5.91 Å². The number of carbonyl (C=O) groups excluding carboxylic acids is 6. The van der Waals surface area contributed by atoms with Crippen molar-refractivity contribution in [1.29, 1.82) is 0 Å². The summed E-state index contributed by atoms with van der Waals surface area (Å²) in [4.78, 5) is 96.9. The van der Waals surface area contributed by atoms with Gasteiger partial charge in [-0.15, -0.1) is 0 Å². The summed E-state index contributed by atoms with van der Waals surface area (Å²) in [7, 11) is 0. The first-order valence-corrected chi connectivity index (χ1v) is 20.0. The average molecular weight is 828 g/mol. The molecule has 3 unspecified atom stereocenters. The van der Waals surface area contributed by atoms with Gasteiger partial charge in [0.05, 0.1) is 12.6 Å². The lowest BCUT2D eigenvalue weighted by molar-refractivity contribution is -0.146. The van der Waals surface area contributed by atoms with Crippen LogP contribution in [0.3, 0.4) is 0 Å². The van der Waals surface area contributed by atoms with Gasteiger partial charge in [0, 0.05) is 32.4 Å². The number of fused-ring (bicyclic) bond motifs is 1. The summed E-state index contributed by atoms with van der Waals surface area (Å²) in [6.45, 7) is 5.63. The van der Waals surface area contributed by atoms with Crippen LogP contribution in [0.25, 0.3) is 0 Å². The molecule has 3 aromatic rings. The number of amides is 5. The van der Waals surface area contributed by atoms with Crippen LogP contribution in [0.2, 0.25) is 0 Å². The Bertz CT molecular complexity index is 1980. The van der Waals surface area contributed by atoms with E-state index in [9.17, 15) is 43.8 Å². The highest BCUT2D eigenvalue weighted by Gasteiger charge is 2.46. The third kappa shape index (κ3) is 12.2. The number of nitrogens with zero attached hydrogens (tertiary/aromatic N) is 2. The summed E-state index contributed by atoms with van der Waals surface area (Å²) < 4.78 is 5.90. The minimum Gasteiger partial charge on any atom is -0.480 e. The van der Waals surface area contributed by atoms with Crippen LogP contribution in [0.1, 0.15) is 69.7 Å². The lowest BCUT2D eigenvalue weighted by Crippen LogP contribution is -2.58. The van der Waals surface area contributed by atoms with Crippen molar-refractivity contribution in [3.8, 4) is 0 Å². The maximum absolute atomic E-state index is 14.4. The summed E-state index contributed by atoms with van der Waals surface area (Å²) in [6, 6.07) is 19.9. The minimum atomic E-state index is -1.48. The van der Waals surface area contributed by atoms with Crippen LogP contribution in [0.15, 0.2) is 84.9 Å². The van der Waals surface area contributed by atoms with Gasteiger partial charge in [-0.05, 0) is 41.0 Å². The number of rotatable bonds is 17. The van der Waals surface area contributed by atoms with Crippen molar-refractivity contribution in [2.24, 2.45) is 5.92 Å². The number of benzene rings is 3. The van der Waals surface area contributed by atoms with Crippen LogP contribution in [0.4, 0.5) is 4.79 Å². The SMILES string of the molecule is C.CCCC(NC(=O)C1CC(OC(=O)N2CCc3ccccc3C2)CN1C(=O)[C@@H](NC(=O)[C@H](O)Cc1ccccc1)C(C)C)C(=O)C(=O)N[C@@H](Cc1ccccc1)C(=O)O. The predicted molar refractivity (Wildman–Crippen MR) is 222 cm³/mol. The van der Waals surface area contributed by atoms with Crippen LogP contribution in [0, 0.1) is 5.92 Å². The fourth-order valence-corrected chi connectivity index (χ4v) is 7.38. The van der Waals surface area contributed by atoms with Gasteiger partial charge in [0.2, 0.25) is 23.5 Å². The second-order valence-electron chi connectivity index (χ2n) is 15.4. The average Bonchev–Trinajstić information content (AvgIpc) is 3.66. The van der Waals surface area contributed by atoms with Crippen molar-refractivity contribution in [1.82, 2.24) is 25.8 Å². The topological polar surface area (TPSA) is 212 Å². The highest BCUT2D eigenvalue weighted by Crippen LogP contribution is 2.26. The Morgan fingerprint density at radius 3 is 2.00 bits per heavy atom. The molecule has 15 heteroatoms. The molecular weight excluding hydrogens is 771 g/mol.